The largest absolute Gasteiger partial charge is 0.455 e. The standard InChI is InChI=1S/C25H26N4O2/c1-4-22-17(2)10-23(18(3)28-22)31-21-8-9-27-24(12-21)29-20-7-5-6-19(11-20)13-25(14-26)15-30-16-25/h5-12H,4,13,15-16H2,1-3H3,(H,27,29). The summed E-state index contributed by atoms with van der Waals surface area (Å²) in [4.78, 5) is 9.06. The van der Waals surface area contributed by atoms with E-state index in [4.69, 9.17) is 9.47 Å². The van der Waals surface area contributed by atoms with E-state index in [9.17, 15) is 5.26 Å². The molecule has 2 aromatic heterocycles. The van der Waals surface area contributed by atoms with Gasteiger partial charge in [0.15, 0.2) is 0 Å². The summed E-state index contributed by atoms with van der Waals surface area (Å²) in [5.41, 5.74) is 4.69. The number of nitrogens with zero attached hydrogens (tertiary/aromatic N) is 3. The highest BCUT2D eigenvalue weighted by molar-refractivity contribution is 5.58. The van der Waals surface area contributed by atoms with E-state index in [2.05, 4.69) is 35.2 Å². The van der Waals surface area contributed by atoms with Crippen LogP contribution < -0.4 is 10.1 Å². The van der Waals surface area contributed by atoms with Crippen molar-refractivity contribution in [2.45, 2.75) is 33.6 Å². The van der Waals surface area contributed by atoms with Gasteiger partial charge >= 0.3 is 0 Å². The van der Waals surface area contributed by atoms with Crippen LogP contribution in [0.3, 0.4) is 0 Å². The van der Waals surface area contributed by atoms with Gasteiger partial charge in [-0.05, 0) is 62.1 Å². The number of hydrogen-bond donors (Lipinski definition) is 1. The lowest BCUT2D eigenvalue weighted by molar-refractivity contribution is -0.0765. The number of ether oxygens (including phenoxy) is 2. The van der Waals surface area contributed by atoms with E-state index in [1.807, 2.05) is 49.4 Å². The molecular weight excluding hydrogens is 388 g/mol. The molecule has 4 rings (SSSR count). The van der Waals surface area contributed by atoms with Crippen LogP contribution in [0.4, 0.5) is 11.5 Å². The van der Waals surface area contributed by atoms with Gasteiger partial charge in [0.2, 0.25) is 0 Å². The zero-order chi connectivity index (χ0) is 21.8. The molecule has 0 spiro atoms. The second-order valence-electron chi connectivity index (χ2n) is 8.05. The number of benzene rings is 1. The molecule has 3 heterocycles. The third-order valence-corrected chi connectivity index (χ3v) is 5.49. The molecule has 6 heteroatoms. The van der Waals surface area contributed by atoms with Crippen LogP contribution in [-0.4, -0.2) is 23.2 Å². The van der Waals surface area contributed by atoms with Gasteiger partial charge in [-0.2, -0.15) is 5.26 Å². The predicted octanol–water partition coefficient (Wildman–Crippen LogP) is 5.27. The van der Waals surface area contributed by atoms with Crippen molar-refractivity contribution in [3.05, 3.63) is 71.2 Å². The normalized spacial score (nSPS) is 14.4. The van der Waals surface area contributed by atoms with E-state index >= 15 is 0 Å². The van der Waals surface area contributed by atoms with Crippen LogP contribution >= 0.6 is 0 Å². The number of rotatable bonds is 7. The number of hydrogen-bond acceptors (Lipinski definition) is 6. The van der Waals surface area contributed by atoms with Crippen LogP contribution in [0.5, 0.6) is 11.5 Å². The highest BCUT2D eigenvalue weighted by Gasteiger charge is 2.38. The zero-order valence-electron chi connectivity index (χ0n) is 18.1. The van der Waals surface area contributed by atoms with Crippen LogP contribution in [0, 0.1) is 30.6 Å². The van der Waals surface area contributed by atoms with Crippen LogP contribution in [0.2, 0.25) is 0 Å². The zero-order valence-corrected chi connectivity index (χ0v) is 18.1. The maximum Gasteiger partial charge on any atom is 0.148 e. The fourth-order valence-corrected chi connectivity index (χ4v) is 3.71. The van der Waals surface area contributed by atoms with E-state index in [1.165, 1.54) is 0 Å². The number of nitrogens with one attached hydrogen (secondary N) is 1. The van der Waals surface area contributed by atoms with Gasteiger partial charge in [0, 0.05) is 23.6 Å². The summed E-state index contributed by atoms with van der Waals surface area (Å²) in [6.07, 6.45) is 3.29. The SMILES string of the molecule is CCc1nc(C)c(Oc2ccnc(Nc3cccc(CC4(C#N)COC4)c3)c2)cc1C. The molecule has 1 aromatic carbocycles. The Bertz CT molecular complexity index is 1130. The van der Waals surface area contributed by atoms with Gasteiger partial charge in [-0.15, -0.1) is 0 Å². The Morgan fingerprint density at radius 3 is 2.74 bits per heavy atom. The van der Waals surface area contributed by atoms with E-state index < -0.39 is 5.41 Å². The summed E-state index contributed by atoms with van der Waals surface area (Å²) >= 11 is 0. The number of nitriles is 1. The van der Waals surface area contributed by atoms with Crippen LogP contribution in [0.25, 0.3) is 0 Å². The fraction of sp³-hybridized carbons (Fsp3) is 0.320. The number of pyridine rings is 2. The number of anilines is 2. The van der Waals surface area contributed by atoms with E-state index in [0.717, 1.165) is 40.4 Å². The maximum absolute atomic E-state index is 9.45. The lowest BCUT2D eigenvalue weighted by Crippen LogP contribution is -2.43. The van der Waals surface area contributed by atoms with Gasteiger partial charge in [0.1, 0.15) is 22.7 Å². The predicted molar refractivity (Wildman–Crippen MR) is 120 cm³/mol. The first-order valence-electron chi connectivity index (χ1n) is 10.5. The van der Waals surface area contributed by atoms with Gasteiger partial charge in [-0.3, -0.25) is 4.98 Å². The van der Waals surface area contributed by atoms with Crippen molar-refractivity contribution >= 4 is 11.5 Å². The Hall–Kier alpha value is -3.43. The van der Waals surface area contributed by atoms with Gasteiger partial charge in [0.05, 0.1) is 25.0 Å². The second-order valence-corrected chi connectivity index (χ2v) is 8.05. The Labute approximate surface area is 182 Å². The molecule has 31 heavy (non-hydrogen) atoms. The summed E-state index contributed by atoms with van der Waals surface area (Å²) in [5.74, 6) is 2.12. The van der Waals surface area contributed by atoms with Gasteiger partial charge < -0.3 is 14.8 Å². The van der Waals surface area contributed by atoms with E-state index in [1.54, 1.807) is 6.20 Å². The first-order valence-corrected chi connectivity index (χ1v) is 10.5. The van der Waals surface area contributed by atoms with Gasteiger partial charge in [-0.1, -0.05) is 19.1 Å². The molecule has 6 nitrogen and oxygen atoms in total. The van der Waals surface area contributed by atoms with Gasteiger partial charge in [-0.25, -0.2) is 4.98 Å². The minimum atomic E-state index is -0.401. The molecule has 0 aliphatic carbocycles. The molecule has 0 atom stereocenters. The molecule has 1 saturated heterocycles. The van der Waals surface area contributed by atoms with Crippen LogP contribution in [0.1, 0.15) is 29.4 Å². The van der Waals surface area contributed by atoms with Crippen LogP contribution in [0.15, 0.2) is 48.7 Å². The van der Waals surface area contributed by atoms with E-state index in [0.29, 0.717) is 31.2 Å². The summed E-state index contributed by atoms with van der Waals surface area (Å²) in [5, 5.41) is 12.8. The third kappa shape index (κ3) is 4.68. The molecule has 0 radical (unpaired) electrons. The Kier molecular flexibility index (Phi) is 5.88. The Morgan fingerprint density at radius 1 is 1.19 bits per heavy atom. The van der Waals surface area contributed by atoms with Gasteiger partial charge in [0.25, 0.3) is 0 Å². The average Bonchev–Trinajstić information content (AvgIpc) is 2.74. The molecule has 0 bridgehead atoms. The van der Waals surface area contributed by atoms with Crippen molar-refractivity contribution in [2.24, 2.45) is 5.41 Å². The smallest absolute Gasteiger partial charge is 0.148 e. The van der Waals surface area contributed by atoms with Crippen molar-refractivity contribution in [1.29, 1.82) is 5.26 Å². The summed E-state index contributed by atoms with van der Waals surface area (Å²) < 4.78 is 11.4. The molecule has 1 N–H and O–H groups in total. The quantitative estimate of drug-likeness (QED) is 0.567. The molecule has 158 valence electrons. The van der Waals surface area contributed by atoms with Crippen molar-refractivity contribution in [1.82, 2.24) is 9.97 Å². The highest BCUT2D eigenvalue weighted by atomic mass is 16.5. The monoisotopic (exact) mass is 414 g/mol. The van der Waals surface area contributed by atoms with Crippen molar-refractivity contribution in [2.75, 3.05) is 18.5 Å². The molecule has 1 aliphatic heterocycles. The molecule has 0 unspecified atom stereocenters. The summed E-state index contributed by atoms with van der Waals surface area (Å²) in [7, 11) is 0. The van der Waals surface area contributed by atoms with Crippen LogP contribution in [-0.2, 0) is 17.6 Å². The number of aromatic nitrogens is 2. The minimum Gasteiger partial charge on any atom is -0.455 e. The molecule has 3 aromatic rings. The first kappa shape index (κ1) is 20.8. The molecule has 0 saturated carbocycles. The second kappa shape index (κ2) is 8.75. The topological polar surface area (TPSA) is 80.1 Å². The number of aryl methyl sites for hydroxylation is 3. The third-order valence-electron chi connectivity index (χ3n) is 5.49. The lowest BCUT2D eigenvalue weighted by Gasteiger charge is -2.35. The Morgan fingerprint density at radius 2 is 2.03 bits per heavy atom. The summed E-state index contributed by atoms with van der Waals surface area (Å²) in [6.45, 7) is 7.10. The van der Waals surface area contributed by atoms with Crippen molar-refractivity contribution in [3.8, 4) is 17.6 Å². The highest BCUT2D eigenvalue weighted by Crippen LogP contribution is 2.32. The Balaban J connectivity index is 1.49. The molecule has 0 amide bonds. The van der Waals surface area contributed by atoms with E-state index in [-0.39, 0.29) is 0 Å². The lowest BCUT2D eigenvalue weighted by atomic mass is 9.81. The molecular formula is C25H26N4O2. The molecule has 1 fully saturated rings. The summed E-state index contributed by atoms with van der Waals surface area (Å²) in [6, 6.07) is 16.2. The molecule has 1 aliphatic rings. The van der Waals surface area contributed by atoms with Crippen molar-refractivity contribution < 1.29 is 9.47 Å². The average molecular weight is 415 g/mol. The van der Waals surface area contributed by atoms with Crippen molar-refractivity contribution in [3.63, 3.8) is 0 Å². The minimum absolute atomic E-state index is 0.401. The first-order chi connectivity index (χ1) is 15.0. The fourth-order valence-electron chi connectivity index (χ4n) is 3.71. The maximum atomic E-state index is 9.45.